The van der Waals surface area contributed by atoms with Gasteiger partial charge >= 0.3 is 0 Å². The van der Waals surface area contributed by atoms with E-state index >= 15 is 0 Å². The number of nitrogens with two attached hydrogens (primary N) is 1. The number of primary amides is 1. The van der Waals surface area contributed by atoms with Crippen molar-refractivity contribution in [3.8, 4) is 0 Å². The Morgan fingerprint density at radius 2 is 2.09 bits per heavy atom. The van der Waals surface area contributed by atoms with Crippen molar-refractivity contribution in [3.05, 3.63) is 17.0 Å². The molecule has 2 rings (SSSR count). The van der Waals surface area contributed by atoms with E-state index in [2.05, 4.69) is 38.6 Å². The highest BCUT2D eigenvalue weighted by atomic mass is 28.3. The highest BCUT2D eigenvalue weighted by molar-refractivity contribution is 6.76. The fourth-order valence-corrected chi connectivity index (χ4v) is 3.59. The molecule has 124 valence electrons. The summed E-state index contributed by atoms with van der Waals surface area (Å²) in [6.07, 6.45) is 2.85. The minimum absolute atomic E-state index is 0.234. The highest BCUT2D eigenvalue weighted by Crippen LogP contribution is 2.36. The summed E-state index contributed by atoms with van der Waals surface area (Å²) < 4.78 is 7.65. The second-order valence-electron chi connectivity index (χ2n) is 8.33. The Balaban J connectivity index is 2.12. The Kier molecular flexibility index (Phi) is 4.82. The fraction of sp³-hybridized carbons (Fsp3) is 0.750. The third-order valence-corrected chi connectivity index (χ3v) is 6.01. The number of fused-ring (bicyclic) bond motifs is 1. The molecule has 0 bridgehead atoms. The monoisotopic (exact) mass is 323 g/mol. The number of carbonyl (C=O) groups excluding carboxylic acids is 1. The van der Waals surface area contributed by atoms with Gasteiger partial charge in [0.1, 0.15) is 6.73 Å². The standard InChI is InChI=1S/C16H29N3O2Si/c1-16(2)7-6-12-13(10-16)19(18-14(12)15(17)20)11-21-8-9-22(3,4)5/h6-11H2,1-5H3,(H2,17,20). The largest absolute Gasteiger partial charge is 0.364 e. The lowest BCUT2D eigenvalue weighted by molar-refractivity contribution is 0.0741. The third-order valence-electron chi connectivity index (χ3n) is 4.31. The predicted molar refractivity (Wildman–Crippen MR) is 90.7 cm³/mol. The molecule has 0 atom stereocenters. The van der Waals surface area contributed by atoms with Gasteiger partial charge in [0.2, 0.25) is 0 Å². The first kappa shape index (κ1) is 17.2. The minimum Gasteiger partial charge on any atom is -0.364 e. The van der Waals surface area contributed by atoms with E-state index in [4.69, 9.17) is 10.5 Å². The highest BCUT2D eigenvalue weighted by Gasteiger charge is 2.32. The summed E-state index contributed by atoms with van der Waals surface area (Å²) in [5, 5.41) is 4.42. The molecular formula is C16H29N3O2Si. The van der Waals surface area contributed by atoms with Gasteiger partial charge in [0, 0.05) is 25.9 Å². The van der Waals surface area contributed by atoms with Gasteiger partial charge in [-0.05, 0) is 30.7 Å². The Morgan fingerprint density at radius 1 is 1.41 bits per heavy atom. The smallest absolute Gasteiger partial charge is 0.269 e. The van der Waals surface area contributed by atoms with E-state index in [1.165, 1.54) is 0 Å². The second kappa shape index (κ2) is 6.16. The number of aromatic nitrogens is 2. The number of hydrogen-bond acceptors (Lipinski definition) is 3. The van der Waals surface area contributed by atoms with Crippen LogP contribution in [-0.4, -0.2) is 30.4 Å². The van der Waals surface area contributed by atoms with E-state index in [0.717, 1.165) is 43.2 Å². The summed E-state index contributed by atoms with van der Waals surface area (Å²) >= 11 is 0. The van der Waals surface area contributed by atoms with Crippen molar-refractivity contribution < 1.29 is 9.53 Å². The van der Waals surface area contributed by atoms with Crippen molar-refractivity contribution >= 4 is 14.0 Å². The van der Waals surface area contributed by atoms with Crippen molar-refractivity contribution in [3.63, 3.8) is 0 Å². The van der Waals surface area contributed by atoms with Crippen LogP contribution < -0.4 is 5.73 Å². The van der Waals surface area contributed by atoms with Crippen molar-refractivity contribution in [1.29, 1.82) is 0 Å². The van der Waals surface area contributed by atoms with Crippen LogP contribution in [0.3, 0.4) is 0 Å². The topological polar surface area (TPSA) is 70.1 Å². The molecule has 22 heavy (non-hydrogen) atoms. The van der Waals surface area contributed by atoms with E-state index in [0.29, 0.717) is 12.4 Å². The maximum Gasteiger partial charge on any atom is 0.269 e. The van der Waals surface area contributed by atoms with Gasteiger partial charge in [-0.2, -0.15) is 5.10 Å². The van der Waals surface area contributed by atoms with Gasteiger partial charge in [-0.3, -0.25) is 4.79 Å². The molecule has 2 N–H and O–H groups in total. The van der Waals surface area contributed by atoms with E-state index in [1.54, 1.807) is 0 Å². The fourth-order valence-electron chi connectivity index (χ4n) is 2.83. The van der Waals surface area contributed by atoms with Gasteiger partial charge in [0.05, 0.1) is 0 Å². The molecule has 0 aromatic carbocycles. The van der Waals surface area contributed by atoms with Crippen molar-refractivity contribution in [1.82, 2.24) is 9.78 Å². The van der Waals surface area contributed by atoms with Crippen LogP contribution in [0.5, 0.6) is 0 Å². The van der Waals surface area contributed by atoms with Crippen molar-refractivity contribution in [2.45, 2.75) is 65.5 Å². The van der Waals surface area contributed by atoms with Gasteiger partial charge in [0.25, 0.3) is 5.91 Å². The zero-order valence-corrected chi connectivity index (χ0v) is 15.5. The third kappa shape index (κ3) is 4.20. The average molecular weight is 324 g/mol. The van der Waals surface area contributed by atoms with Gasteiger partial charge in [-0.15, -0.1) is 0 Å². The number of nitrogens with zero attached hydrogens (tertiary/aromatic N) is 2. The van der Waals surface area contributed by atoms with Crippen LogP contribution in [0, 0.1) is 5.41 Å². The maximum absolute atomic E-state index is 11.6. The summed E-state index contributed by atoms with van der Waals surface area (Å²) in [7, 11) is -1.09. The molecule has 0 saturated carbocycles. The Bertz CT molecular complexity index is 558. The molecule has 6 heteroatoms. The Hall–Kier alpha value is -1.14. The molecule has 0 saturated heterocycles. The molecule has 0 spiro atoms. The number of amides is 1. The van der Waals surface area contributed by atoms with E-state index in [9.17, 15) is 4.79 Å². The zero-order chi connectivity index (χ0) is 16.5. The minimum atomic E-state index is -1.09. The molecule has 1 aliphatic carbocycles. The molecule has 5 nitrogen and oxygen atoms in total. The van der Waals surface area contributed by atoms with E-state index < -0.39 is 14.0 Å². The molecule has 0 radical (unpaired) electrons. The molecule has 1 aromatic heterocycles. The van der Waals surface area contributed by atoms with Gasteiger partial charge in [-0.25, -0.2) is 4.68 Å². The molecule has 0 fully saturated rings. The number of rotatable bonds is 6. The van der Waals surface area contributed by atoms with Crippen LogP contribution in [0.4, 0.5) is 0 Å². The maximum atomic E-state index is 11.6. The molecule has 1 amide bonds. The van der Waals surface area contributed by atoms with Crippen molar-refractivity contribution in [2.75, 3.05) is 6.61 Å². The lowest BCUT2D eigenvalue weighted by atomic mass is 9.76. The Morgan fingerprint density at radius 3 is 2.68 bits per heavy atom. The van der Waals surface area contributed by atoms with Gasteiger partial charge in [-0.1, -0.05) is 33.5 Å². The summed E-state index contributed by atoms with van der Waals surface area (Å²) in [4.78, 5) is 11.6. The summed E-state index contributed by atoms with van der Waals surface area (Å²) in [6, 6.07) is 1.13. The van der Waals surface area contributed by atoms with Crippen LogP contribution in [0.2, 0.25) is 25.7 Å². The molecule has 0 aliphatic heterocycles. The number of ether oxygens (including phenoxy) is 1. The van der Waals surface area contributed by atoms with Crippen LogP contribution in [0.15, 0.2) is 0 Å². The molecule has 0 unspecified atom stereocenters. The van der Waals surface area contributed by atoms with Crippen LogP contribution in [0.1, 0.15) is 42.0 Å². The number of carbonyl (C=O) groups is 1. The first-order valence-corrected chi connectivity index (χ1v) is 11.8. The lowest BCUT2D eigenvalue weighted by Gasteiger charge is -2.30. The van der Waals surface area contributed by atoms with Crippen LogP contribution in [0.25, 0.3) is 0 Å². The molecule has 1 heterocycles. The zero-order valence-electron chi connectivity index (χ0n) is 14.5. The summed E-state index contributed by atoms with van der Waals surface area (Å²) in [6.45, 7) is 12.7. The second-order valence-corrected chi connectivity index (χ2v) is 13.9. The predicted octanol–water partition coefficient (Wildman–Crippen LogP) is 2.81. The first-order chi connectivity index (χ1) is 10.1. The Labute approximate surface area is 134 Å². The SMILES string of the molecule is CC1(C)CCc2c(C(N)=O)nn(COCC[Si](C)(C)C)c2C1. The summed E-state index contributed by atoms with van der Waals surface area (Å²) in [5.41, 5.74) is 8.30. The van der Waals surface area contributed by atoms with E-state index in [1.807, 2.05) is 4.68 Å². The quantitative estimate of drug-likeness (QED) is 0.646. The lowest BCUT2D eigenvalue weighted by Crippen LogP contribution is -2.25. The van der Waals surface area contributed by atoms with Crippen LogP contribution in [-0.2, 0) is 24.3 Å². The molecular weight excluding hydrogens is 294 g/mol. The average Bonchev–Trinajstić information content (AvgIpc) is 2.70. The normalized spacial score (nSPS) is 17.3. The van der Waals surface area contributed by atoms with Gasteiger partial charge < -0.3 is 10.5 Å². The number of hydrogen-bond donors (Lipinski definition) is 1. The molecule has 1 aromatic rings. The molecule has 1 aliphatic rings. The van der Waals surface area contributed by atoms with E-state index in [-0.39, 0.29) is 5.41 Å². The van der Waals surface area contributed by atoms with Crippen molar-refractivity contribution in [2.24, 2.45) is 11.1 Å². The van der Waals surface area contributed by atoms with Gasteiger partial charge in [0.15, 0.2) is 5.69 Å². The first-order valence-electron chi connectivity index (χ1n) is 8.05. The van der Waals surface area contributed by atoms with Crippen LogP contribution >= 0.6 is 0 Å². The summed E-state index contributed by atoms with van der Waals surface area (Å²) in [5.74, 6) is -0.434.